The number of hydrogen-bond donors (Lipinski definition) is 1. The number of sulfonamides is 1. The average molecular weight is 415 g/mol. The van der Waals surface area contributed by atoms with Gasteiger partial charge in [-0.05, 0) is 79.6 Å². The van der Waals surface area contributed by atoms with Gasteiger partial charge in [-0.3, -0.25) is 4.79 Å². The van der Waals surface area contributed by atoms with E-state index < -0.39 is 10.0 Å². The van der Waals surface area contributed by atoms with E-state index in [1.165, 1.54) is 21.9 Å². The Kier molecular flexibility index (Phi) is 5.87. The van der Waals surface area contributed by atoms with E-state index in [4.69, 9.17) is 4.74 Å². The number of rotatable bonds is 6. The normalized spacial score (nSPS) is 17.0. The monoisotopic (exact) mass is 414 g/mol. The Balaban J connectivity index is 1.33. The van der Waals surface area contributed by atoms with Gasteiger partial charge in [0.1, 0.15) is 5.75 Å². The largest absolute Gasteiger partial charge is 0.484 e. The number of ether oxygens (including phenoxy) is 1. The molecule has 29 heavy (non-hydrogen) atoms. The van der Waals surface area contributed by atoms with Crippen LogP contribution < -0.4 is 10.1 Å². The van der Waals surface area contributed by atoms with Crippen LogP contribution in [0.4, 0.5) is 5.69 Å². The Morgan fingerprint density at radius 1 is 0.931 bits per heavy atom. The van der Waals surface area contributed by atoms with Gasteiger partial charge in [0.25, 0.3) is 5.91 Å². The van der Waals surface area contributed by atoms with Crippen LogP contribution in [0.15, 0.2) is 47.4 Å². The maximum Gasteiger partial charge on any atom is 0.262 e. The van der Waals surface area contributed by atoms with Gasteiger partial charge in [0.2, 0.25) is 10.0 Å². The second-order valence-electron chi connectivity index (χ2n) is 7.61. The van der Waals surface area contributed by atoms with Gasteiger partial charge in [-0.2, -0.15) is 4.31 Å². The van der Waals surface area contributed by atoms with Crippen molar-refractivity contribution in [3.8, 4) is 5.75 Å². The Morgan fingerprint density at radius 2 is 1.66 bits per heavy atom. The van der Waals surface area contributed by atoms with Crippen LogP contribution in [-0.2, 0) is 27.7 Å². The summed E-state index contributed by atoms with van der Waals surface area (Å²) in [6, 6.07) is 12.3. The molecule has 4 rings (SSSR count). The number of nitrogens with zero attached hydrogens (tertiary/aromatic N) is 1. The minimum atomic E-state index is -3.46. The van der Waals surface area contributed by atoms with Gasteiger partial charge >= 0.3 is 0 Å². The molecule has 0 spiro atoms. The van der Waals surface area contributed by atoms with Crippen molar-refractivity contribution in [2.24, 2.45) is 0 Å². The highest BCUT2D eigenvalue weighted by atomic mass is 32.2. The van der Waals surface area contributed by atoms with Crippen LogP contribution in [0.5, 0.6) is 5.75 Å². The first-order valence-electron chi connectivity index (χ1n) is 10.2. The summed E-state index contributed by atoms with van der Waals surface area (Å²) < 4.78 is 32.5. The average Bonchev–Trinajstić information content (AvgIpc) is 3.21. The molecule has 0 aromatic heterocycles. The van der Waals surface area contributed by atoms with Crippen molar-refractivity contribution < 1.29 is 17.9 Å². The number of nitrogens with one attached hydrogen (secondary N) is 1. The molecule has 1 aliphatic heterocycles. The Morgan fingerprint density at radius 3 is 2.41 bits per heavy atom. The lowest BCUT2D eigenvalue weighted by atomic mass is 10.1. The van der Waals surface area contributed by atoms with Gasteiger partial charge in [0.15, 0.2) is 6.61 Å². The third kappa shape index (κ3) is 4.62. The summed E-state index contributed by atoms with van der Waals surface area (Å²) in [5.74, 6) is 0.418. The molecule has 7 heteroatoms. The Hall–Kier alpha value is -2.38. The summed E-state index contributed by atoms with van der Waals surface area (Å²) in [5.41, 5.74) is 3.21. The highest BCUT2D eigenvalue weighted by Gasteiger charge is 2.25. The smallest absolute Gasteiger partial charge is 0.262 e. The number of carbonyl (C=O) groups excluding carboxylic acids is 1. The van der Waals surface area contributed by atoms with Crippen LogP contribution in [0.2, 0.25) is 0 Å². The molecule has 0 bridgehead atoms. The van der Waals surface area contributed by atoms with Crippen molar-refractivity contribution in [3.63, 3.8) is 0 Å². The predicted molar refractivity (Wildman–Crippen MR) is 112 cm³/mol. The van der Waals surface area contributed by atoms with E-state index in [9.17, 15) is 13.2 Å². The molecule has 1 heterocycles. The fourth-order valence-electron chi connectivity index (χ4n) is 3.95. The molecule has 1 fully saturated rings. The summed E-state index contributed by atoms with van der Waals surface area (Å²) in [7, 11) is -3.46. The predicted octanol–water partition coefficient (Wildman–Crippen LogP) is 3.37. The number of benzene rings is 2. The molecule has 154 valence electrons. The van der Waals surface area contributed by atoms with Crippen LogP contribution in [-0.4, -0.2) is 38.3 Å². The number of carbonyl (C=O) groups is 1. The van der Waals surface area contributed by atoms with Crippen LogP contribution in [0, 0.1) is 0 Å². The van der Waals surface area contributed by atoms with Gasteiger partial charge in [-0.15, -0.1) is 0 Å². The minimum Gasteiger partial charge on any atom is -0.484 e. The van der Waals surface area contributed by atoms with Gasteiger partial charge in [0.05, 0.1) is 4.90 Å². The van der Waals surface area contributed by atoms with Crippen molar-refractivity contribution in [2.75, 3.05) is 25.0 Å². The van der Waals surface area contributed by atoms with Crippen molar-refractivity contribution in [2.45, 2.75) is 43.4 Å². The molecule has 2 aliphatic rings. The van der Waals surface area contributed by atoms with Gasteiger partial charge in [-0.1, -0.05) is 12.5 Å². The molecule has 0 atom stereocenters. The Labute approximate surface area is 171 Å². The second-order valence-corrected chi connectivity index (χ2v) is 9.55. The standard InChI is InChI=1S/C22H26N2O4S/c25-22(16-28-20-10-7-17-5-4-6-18(17)15-20)23-19-8-11-21(12-9-19)29(26,27)24-13-2-1-3-14-24/h7-12,15H,1-6,13-14,16H2,(H,23,25). The molecular formula is C22H26N2O4S. The van der Waals surface area contributed by atoms with E-state index in [-0.39, 0.29) is 17.4 Å². The van der Waals surface area contributed by atoms with E-state index in [2.05, 4.69) is 11.4 Å². The molecule has 1 amide bonds. The van der Waals surface area contributed by atoms with Crippen molar-refractivity contribution in [1.82, 2.24) is 4.31 Å². The minimum absolute atomic E-state index is 0.0907. The summed E-state index contributed by atoms with van der Waals surface area (Å²) in [6.07, 6.45) is 6.22. The topological polar surface area (TPSA) is 75.7 Å². The fourth-order valence-corrected chi connectivity index (χ4v) is 5.47. The third-order valence-electron chi connectivity index (χ3n) is 5.53. The lowest BCUT2D eigenvalue weighted by molar-refractivity contribution is -0.118. The summed E-state index contributed by atoms with van der Waals surface area (Å²) in [5, 5.41) is 2.75. The van der Waals surface area contributed by atoms with Gasteiger partial charge in [0, 0.05) is 18.8 Å². The number of amides is 1. The van der Waals surface area contributed by atoms with Crippen LogP contribution in [0.25, 0.3) is 0 Å². The summed E-state index contributed by atoms with van der Waals surface area (Å²) in [4.78, 5) is 12.4. The molecule has 6 nitrogen and oxygen atoms in total. The van der Waals surface area contributed by atoms with Crippen molar-refractivity contribution >= 4 is 21.6 Å². The zero-order valence-corrected chi connectivity index (χ0v) is 17.2. The SMILES string of the molecule is O=C(COc1ccc2c(c1)CCC2)Nc1ccc(S(=O)(=O)N2CCCCC2)cc1. The first-order valence-corrected chi connectivity index (χ1v) is 11.6. The van der Waals surface area contributed by atoms with E-state index in [0.717, 1.165) is 32.1 Å². The number of fused-ring (bicyclic) bond motifs is 1. The highest BCUT2D eigenvalue weighted by Crippen LogP contribution is 2.26. The van der Waals surface area contributed by atoms with Crippen LogP contribution in [0.1, 0.15) is 36.8 Å². The zero-order valence-electron chi connectivity index (χ0n) is 16.4. The van der Waals surface area contributed by atoms with Gasteiger partial charge < -0.3 is 10.1 Å². The van der Waals surface area contributed by atoms with E-state index in [1.54, 1.807) is 24.3 Å². The lowest BCUT2D eigenvalue weighted by Gasteiger charge is -2.25. The highest BCUT2D eigenvalue weighted by molar-refractivity contribution is 7.89. The van der Waals surface area contributed by atoms with Crippen LogP contribution in [0.3, 0.4) is 0 Å². The molecule has 0 saturated carbocycles. The number of aryl methyl sites for hydroxylation is 2. The number of piperidine rings is 1. The van der Waals surface area contributed by atoms with Crippen molar-refractivity contribution in [3.05, 3.63) is 53.6 Å². The fraction of sp³-hybridized carbons (Fsp3) is 0.409. The molecule has 0 radical (unpaired) electrons. The molecule has 1 saturated heterocycles. The lowest BCUT2D eigenvalue weighted by Crippen LogP contribution is -2.35. The maximum absolute atomic E-state index is 12.7. The summed E-state index contributed by atoms with van der Waals surface area (Å²) in [6.45, 7) is 1.05. The van der Waals surface area contributed by atoms with Crippen molar-refractivity contribution in [1.29, 1.82) is 0 Å². The molecule has 2 aromatic carbocycles. The number of hydrogen-bond acceptors (Lipinski definition) is 4. The molecule has 0 unspecified atom stereocenters. The summed E-state index contributed by atoms with van der Waals surface area (Å²) >= 11 is 0. The molecule has 1 N–H and O–H groups in total. The van der Waals surface area contributed by atoms with Gasteiger partial charge in [-0.25, -0.2) is 8.42 Å². The first-order chi connectivity index (χ1) is 14.0. The molecular weight excluding hydrogens is 388 g/mol. The number of anilines is 1. The second kappa shape index (κ2) is 8.55. The third-order valence-corrected chi connectivity index (χ3v) is 7.44. The van der Waals surface area contributed by atoms with E-state index in [1.807, 2.05) is 12.1 Å². The molecule has 2 aromatic rings. The quantitative estimate of drug-likeness (QED) is 0.786. The Bertz CT molecular complexity index is 980. The zero-order chi connectivity index (χ0) is 20.3. The van der Waals surface area contributed by atoms with E-state index in [0.29, 0.717) is 24.5 Å². The van der Waals surface area contributed by atoms with E-state index >= 15 is 0 Å². The maximum atomic E-state index is 12.7. The van der Waals surface area contributed by atoms with Crippen LogP contribution >= 0.6 is 0 Å². The molecule has 1 aliphatic carbocycles. The first kappa shape index (κ1) is 19.9.